The fraction of sp³-hybridized carbons (Fsp3) is 0.545. The van der Waals surface area contributed by atoms with E-state index < -0.39 is 0 Å². The molecular formula is C11H19N3. The molecule has 0 atom stereocenters. The lowest BCUT2D eigenvalue weighted by molar-refractivity contribution is 0.738. The molecule has 1 heterocycles. The second-order valence-corrected chi connectivity index (χ2v) is 3.19. The van der Waals surface area contributed by atoms with Crippen LogP contribution in [0.4, 0.5) is 5.82 Å². The van der Waals surface area contributed by atoms with Gasteiger partial charge in [-0.2, -0.15) is 0 Å². The third-order valence-electron chi connectivity index (χ3n) is 2.09. The Balaban J connectivity index is 2.29. The zero-order chi connectivity index (χ0) is 10.2. The molecule has 78 valence electrons. The average molecular weight is 193 g/mol. The number of likely N-dealkylation sites (N-methyl/N-ethyl adjacent to an activating group) is 1. The number of aromatic nitrogens is 1. The predicted octanol–water partition coefficient (Wildman–Crippen LogP) is 1.67. The molecule has 0 aliphatic heterocycles. The van der Waals surface area contributed by atoms with E-state index >= 15 is 0 Å². The Bertz CT molecular complexity index is 243. The van der Waals surface area contributed by atoms with Gasteiger partial charge in [0.1, 0.15) is 5.82 Å². The number of hydrogen-bond acceptors (Lipinski definition) is 3. The van der Waals surface area contributed by atoms with Crippen LogP contribution in [0.1, 0.15) is 19.4 Å². The molecule has 0 spiro atoms. The summed E-state index contributed by atoms with van der Waals surface area (Å²) in [5.74, 6) is 0.958. The van der Waals surface area contributed by atoms with Crippen LogP contribution in [-0.2, 0) is 6.42 Å². The number of pyridine rings is 1. The van der Waals surface area contributed by atoms with Gasteiger partial charge in [0, 0.05) is 19.3 Å². The lowest BCUT2D eigenvalue weighted by atomic mass is 10.2. The summed E-state index contributed by atoms with van der Waals surface area (Å²) >= 11 is 0. The summed E-state index contributed by atoms with van der Waals surface area (Å²) in [4.78, 5) is 4.31. The monoisotopic (exact) mass is 193 g/mol. The van der Waals surface area contributed by atoms with Crippen molar-refractivity contribution in [3.8, 4) is 0 Å². The van der Waals surface area contributed by atoms with Crippen LogP contribution >= 0.6 is 0 Å². The molecule has 0 saturated carbocycles. The quantitative estimate of drug-likeness (QED) is 0.675. The molecule has 14 heavy (non-hydrogen) atoms. The number of aryl methyl sites for hydroxylation is 1. The molecular weight excluding hydrogens is 174 g/mol. The smallest absolute Gasteiger partial charge is 0.125 e. The Morgan fingerprint density at radius 3 is 2.64 bits per heavy atom. The van der Waals surface area contributed by atoms with Crippen LogP contribution in [0.5, 0.6) is 0 Å². The summed E-state index contributed by atoms with van der Waals surface area (Å²) < 4.78 is 0. The van der Waals surface area contributed by atoms with Crippen molar-refractivity contribution in [3.63, 3.8) is 0 Å². The Hall–Kier alpha value is -1.09. The van der Waals surface area contributed by atoms with Gasteiger partial charge in [-0.15, -0.1) is 0 Å². The molecule has 0 unspecified atom stereocenters. The van der Waals surface area contributed by atoms with Crippen LogP contribution in [0.25, 0.3) is 0 Å². The van der Waals surface area contributed by atoms with Gasteiger partial charge in [-0.1, -0.05) is 19.9 Å². The number of rotatable bonds is 6. The molecule has 0 bridgehead atoms. The standard InChI is InChI=1S/C11H19N3/c1-3-10-5-6-11(14-9-10)13-8-7-12-4-2/h5-6,9,12H,3-4,7-8H2,1-2H3,(H,13,14). The van der Waals surface area contributed by atoms with Crippen molar-refractivity contribution in [3.05, 3.63) is 23.9 Å². The number of hydrogen-bond donors (Lipinski definition) is 2. The highest BCUT2D eigenvalue weighted by Gasteiger charge is 1.92. The van der Waals surface area contributed by atoms with Gasteiger partial charge in [-0.3, -0.25) is 0 Å². The van der Waals surface area contributed by atoms with E-state index in [2.05, 4.69) is 35.5 Å². The van der Waals surface area contributed by atoms with Crippen LogP contribution in [0.3, 0.4) is 0 Å². The summed E-state index contributed by atoms with van der Waals surface area (Å²) in [6, 6.07) is 4.15. The second-order valence-electron chi connectivity index (χ2n) is 3.19. The number of nitrogens with zero attached hydrogens (tertiary/aromatic N) is 1. The SMILES string of the molecule is CCNCCNc1ccc(CC)cn1. The molecule has 1 rings (SSSR count). The third-order valence-corrected chi connectivity index (χ3v) is 2.09. The summed E-state index contributed by atoms with van der Waals surface area (Å²) in [5.41, 5.74) is 1.28. The normalized spacial score (nSPS) is 10.1. The second kappa shape index (κ2) is 6.38. The number of nitrogens with one attached hydrogen (secondary N) is 2. The van der Waals surface area contributed by atoms with Crippen molar-refractivity contribution in [2.24, 2.45) is 0 Å². The molecule has 0 fully saturated rings. The average Bonchev–Trinajstić information content (AvgIpc) is 2.25. The lowest BCUT2D eigenvalue weighted by Crippen LogP contribution is -2.21. The fourth-order valence-electron chi connectivity index (χ4n) is 1.19. The number of anilines is 1. The molecule has 0 amide bonds. The van der Waals surface area contributed by atoms with Crippen LogP contribution < -0.4 is 10.6 Å². The Kier molecular flexibility index (Phi) is 5.00. The third kappa shape index (κ3) is 3.75. The minimum absolute atomic E-state index is 0.923. The van der Waals surface area contributed by atoms with Gasteiger partial charge in [0.25, 0.3) is 0 Å². The Morgan fingerprint density at radius 2 is 2.07 bits per heavy atom. The summed E-state index contributed by atoms with van der Waals surface area (Å²) in [6.07, 6.45) is 2.97. The predicted molar refractivity (Wildman–Crippen MR) is 60.6 cm³/mol. The topological polar surface area (TPSA) is 37.0 Å². The van der Waals surface area contributed by atoms with E-state index in [0.717, 1.165) is 31.9 Å². The molecule has 0 saturated heterocycles. The molecule has 0 aliphatic rings. The maximum Gasteiger partial charge on any atom is 0.125 e. The molecule has 0 aliphatic carbocycles. The zero-order valence-corrected chi connectivity index (χ0v) is 9.01. The molecule has 2 N–H and O–H groups in total. The first-order chi connectivity index (χ1) is 6.86. The van der Waals surface area contributed by atoms with Gasteiger partial charge in [-0.25, -0.2) is 4.98 Å². The molecule has 0 radical (unpaired) electrons. The van der Waals surface area contributed by atoms with E-state index in [0.29, 0.717) is 0 Å². The summed E-state index contributed by atoms with van der Waals surface area (Å²) in [6.45, 7) is 7.16. The molecule has 1 aromatic heterocycles. The van der Waals surface area contributed by atoms with Gasteiger partial charge >= 0.3 is 0 Å². The van der Waals surface area contributed by atoms with Crippen molar-refractivity contribution in [2.75, 3.05) is 25.0 Å². The highest BCUT2D eigenvalue weighted by molar-refractivity contribution is 5.35. The zero-order valence-electron chi connectivity index (χ0n) is 9.01. The van der Waals surface area contributed by atoms with Gasteiger partial charge in [0.2, 0.25) is 0 Å². The molecule has 3 heteroatoms. The first kappa shape index (κ1) is 11.0. The summed E-state index contributed by atoms with van der Waals surface area (Å²) in [7, 11) is 0. The van der Waals surface area contributed by atoms with Crippen LogP contribution in [0.2, 0.25) is 0 Å². The van der Waals surface area contributed by atoms with Crippen molar-refractivity contribution >= 4 is 5.82 Å². The Morgan fingerprint density at radius 1 is 1.21 bits per heavy atom. The van der Waals surface area contributed by atoms with Gasteiger partial charge < -0.3 is 10.6 Å². The van der Waals surface area contributed by atoms with Crippen LogP contribution in [-0.4, -0.2) is 24.6 Å². The van der Waals surface area contributed by atoms with E-state index in [1.165, 1.54) is 5.56 Å². The first-order valence-electron chi connectivity index (χ1n) is 5.26. The van der Waals surface area contributed by atoms with E-state index in [4.69, 9.17) is 0 Å². The molecule has 3 nitrogen and oxygen atoms in total. The highest BCUT2D eigenvalue weighted by Crippen LogP contribution is 2.04. The fourth-order valence-corrected chi connectivity index (χ4v) is 1.19. The van der Waals surface area contributed by atoms with E-state index in [1.807, 2.05) is 12.3 Å². The van der Waals surface area contributed by atoms with Crippen molar-refractivity contribution < 1.29 is 0 Å². The maximum absolute atomic E-state index is 4.31. The largest absolute Gasteiger partial charge is 0.369 e. The van der Waals surface area contributed by atoms with Crippen molar-refractivity contribution in [1.82, 2.24) is 10.3 Å². The minimum Gasteiger partial charge on any atom is -0.369 e. The highest BCUT2D eigenvalue weighted by atomic mass is 15.0. The van der Waals surface area contributed by atoms with E-state index in [-0.39, 0.29) is 0 Å². The van der Waals surface area contributed by atoms with E-state index in [1.54, 1.807) is 0 Å². The van der Waals surface area contributed by atoms with Crippen LogP contribution in [0.15, 0.2) is 18.3 Å². The first-order valence-corrected chi connectivity index (χ1v) is 5.26. The van der Waals surface area contributed by atoms with Crippen molar-refractivity contribution in [2.45, 2.75) is 20.3 Å². The Labute approximate surface area is 85.9 Å². The van der Waals surface area contributed by atoms with E-state index in [9.17, 15) is 0 Å². The van der Waals surface area contributed by atoms with Gasteiger partial charge in [0.05, 0.1) is 0 Å². The maximum atomic E-state index is 4.31. The van der Waals surface area contributed by atoms with Gasteiger partial charge in [-0.05, 0) is 24.6 Å². The molecule has 0 aromatic carbocycles. The molecule has 1 aromatic rings. The van der Waals surface area contributed by atoms with Gasteiger partial charge in [0.15, 0.2) is 0 Å². The lowest BCUT2D eigenvalue weighted by Gasteiger charge is -2.05. The summed E-state index contributed by atoms with van der Waals surface area (Å²) in [5, 5.41) is 6.51. The van der Waals surface area contributed by atoms with Crippen LogP contribution in [0, 0.1) is 0 Å². The minimum atomic E-state index is 0.923. The van der Waals surface area contributed by atoms with Crippen molar-refractivity contribution in [1.29, 1.82) is 0 Å².